The van der Waals surface area contributed by atoms with Crippen LogP contribution in [0.15, 0.2) is 53.7 Å². The van der Waals surface area contributed by atoms with Crippen molar-refractivity contribution >= 4 is 55.0 Å². The van der Waals surface area contributed by atoms with E-state index < -0.39 is 10.0 Å². The Morgan fingerprint density at radius 1 is 1.05 bits per heavy atom. The fourth-order valence-corrected chi connectivity index (χ4v) is 3.00. The molecule has 0 unspecified atom stereocenters. The van der Waals surface area contributed by atoms with Crippen LogP contribution in [0.5, 0.6) is 0 Å². The Morgan fingerprint density at radius 2 is 1.77 bits per heavy atom. The zero-order valence-electron chi connectivity index (χ0n) is 11.2. The summed E-state index contributed by atoms with van der Waals surface area (Å²) < 4.78 is 23.6. The molecule has 0 bridgehead atoms. The lowest BCUT2D eigenvalue weighted by Gasteiger charge is -2.09. The van der Waals surface area contributed by atoms with Gasteiger partial charge >= 0.3 is 0 Å². The highest BCUT2D eigenvalue weighted by Gasteiger charge is 2.08. The number of rotatable bonds is 3. The summed E-state index contributed by atoms with van der Waals surface area (Å²) in [7, 11) is -3.69. The van der Waals surface area contributed by atoms with Gasteiger partial charge in [-0.25, -0.2) is 23.5 Å². The number of fused-ring (bicyclic) bond motifs is 1. The number of aromatic nitrogens is 2. The Kier molecular flexibility index (Phi) is 3.98. The number of nitrogens with one attached hydrogen (secondary N) is 1. The first-order chi connectivity index (χ1) is 10.4. The number of benzene rings is 2. The molecule has 0 aliphatic carbocycles. The van der Waals surface area contributed by atoms with Crippen molar-refractivity contribution in [1.29, 1.82) is 0 Å². The standard InChI is InChI=1S/C14H11IN4O2S/c15-9-1-6-13-12(7-9)14(18-8-17-13)19-10-2-4-11(5-3-10)22(16,20)21/h1-8H,(H2,16,20,21)(H,17,18,19). The van der Waals surface area contributed by atoms with Crippen LogP contribution in [-0.4, -0.2) is 18.4 Å². The third-order valence-electron chi connectivity index (χ3n) is 3.04. The highest BCUT2D eigenvalue weighted by Crippen LogP contribution is 2.25. The SMILES string of the molecule is NS(=O)(=O)c1ccc(Nc2ncnc3ccc(I)cc23)cc1. The van der Waals surface area contributed by atoms with Crippen molar-refractivity contribution in [3.05, 3.63) is 52.4 Å². The molecule has 1 heterocycles. The minimum atomic E-state index is -3.69. The lowest BCUT2D eigenvalue weighted by Crippen LogP contribution is -2.11. The summed E-state index contributed by atoms with van der Waals surface area (Å²) in [6.45, 7) is 0. The van der Waals surface area contributed by atoms with E-state index in [0.717, 1.165) is 14.5 Å². The van der Waals surface area contributed by atoms with Crippen molar-refractivity contribution in [3.63, 3.8) is 0 Å². The number of halogens is 1. The van der Waals surface area contributed by atoms with Gasteiger partial charge < -0.3 is 5.32 Å². The van der Waals surface area contributed by atoms with E-state index in [-0.39, 0.29) is 4.90 Å². The molecule has 0 aliphatic rings. The first-order valence-electron chi connectivity index (χ1n) is 6.24. The third-order valence-corrected chi connectivity index (χ3v) is 4.64. The van der Waals surface area contributed by atoms with E-state index in [4.69, 9.17) is 5.14 Å². The van der Waals surface area contributed by atoms with Crippen LogP contribution >= 0.6 is 22.6 Å². The van der Waals surface area contributed by atoms with Gasteiger partial charge in [-0.3, -0.25) is 0 Å². The number of sulfonamides is 1. The first kappa shape index (κ1) is 15.1. The van der Waals surface area contributed by atoms with E-state index in [0.29, 0.717) is 11.5 Å². The summed E-state index contributed by atoms with van der Waals surface area (Å²) in [4.78, 5) is 8.54. The summed E-state index contributed by atoms with van der Waals surface area (Å²) in [6.07, 6.45) is 1.48. The van der Waals surface area contributed by atoms with Gasteiger partial charge in [0, 0.05) is 14.6 Å². The van der Waals surface area contributed by atoms with Gasteiger partial charge in [-0.15, -0.1) is 0 Å². The van der Waals surface area contributed by atoms with Gasteiger partial charge in [0.1, 0.15) is 12.1 Å². The fourth-order valence-electron chi connectivity index (χ4n) is 1.99. The lowest BCUT2D eigenvalue weighted by atomic mass is 10.2. The number of primary sulfonamides is 1. The second-order valence-corrected chi connectivity index (χ2v) is 7.39. The van der Waals surface area contributed by atoms with Crippen molar-refractivity contribution < 1.29 is 8.42 Å². The van der Waals surface area contributed by atoms with Crippen molar-refractivity contribution in [1.82, 2.24) is 9.97 Å². The molecule has 22 heavy (non-hydrogen) atoms. The molecular weight excluding hydrogens is 415 g/mol. The Hall–Kier alpha value is -1.78. The van der Waals surface area contributed by atoms with Gasteiger partial charge in [-0.2, -0.15) is 0 Å². The molecule has 0 fully saturated rings. The van der Waals surface area contributed by atoms with Crippen molar-refractivity contribution in [3.8, 4) is 0 Å². The monoisotopic (exact) mass is 426 g/mol. The normalized spacial score (nSPS) is 11.5. The van der Waals surface area contributed by atoms with Crippen molar-refractivity contribution in [2.24, 2.45) is 5.14 Å². The van der Waals surface area contributed by atoms with Crippen molar-refractivity contribution in [2.45, 2.75) is 4.90 Å². The van der Waals surface area contributed by atoms with Crippen LogP contribution in [0.25, 0.3) is 10.9 Å². The Morgan fingerprint density at radius 3 is 2.45 bits per heavy atom. The molecule has 0 spiro atoms. The third kappa shape index (κ3) is 3.18. The maximum atomic E-state index is 11.3. The van der Waals surface area contributed by atoms with Gasteiger partial charge in [-0.1, -0.05) is 0 Å². The second-order valence-electron chi connectivity index (χ2n) is 4.58. The van der Waals surface area contributed by atoms with Gasteiger partial charge in [0.05, 0.1) is 10.4 Å². The van der Waals surface area contributed by atoms with E-state index >= 15 is 0 Å². The lowest BCUT2D eigenvalue weighted by molar-refractivity contribution is 0.598. The van der Waals surface area contributed by atoms with E-state index in [1.165, 1.54) is 18.5 Å². The second kappa shape index (κ2) is 5.78. The van der Waals surface area contributed by atoms with Crippen LogP contribution in [0.3, 0.4) is 0 Å². The Balaban J connectivity index is 1.98. The van der Waals surface area contributed by atoms with Crippen LogP contribution in [0.2, 0.25) is 0 Å². The topological polar surface area (TPSA) is 98.0 Å². The molecule has 0 atom stereocenters. The molecule has 112 valence electrons. The van der Waals surface area contributed by atoms with E-state index in [2.05, 4.69) is 37.9 Å². The number of hydrogen-bond acceptors (Lipinski definition) is 5. The highest BCUT2D eigenvalue weighted by atomic mass is 127. The summed E-state index contributed by atoms with van der Waals surface area (Å²) in [5.74, 6) is 0.659. The summed E-state index contributed by atoms with van der Waals surface area (Å²) in [5.41, 5.74) is 1.55. The number of anilines is 2. The molecule has 0 aliphatic heterocycles. The Labute approximate surface area is 141 Å². The summed E-state index contributed by atoms with van der Waals surface area (Å²) in [6, 6.07) is 12.1. The highest BCUT2D eigenvalue weighted by molar-refractivity contribution is 14.1. The van der Waals surface area contributed by atoms with Gasteiger partial charge in [0.2, 0.25) is 10.0 Å². The number of nitrogens with two attached hydrogens (primary N) is 1. The Bertz CT molecular complexity index is 943. The van der Waals surface area contributed by atoms with Gasteiger partial charge in [-0.05, 0) is 65.1 Å². The first-order valence-corrected chi connectivity index (χ1v) is 8.86. The molecule has 0 saturated carbocycles. The molecule has 0 saturated heterocycles. The zero-order valence-corrected chi connectivity index (χ0v) is 14.2. The molecule has 3 N–H and O–H groups in total. The molecule has 2 aromatic carbocycles. The zero-order chi connectivity index (χ0) is 15.7. The molecular formula is C14H11IN4O2S. The maximum absolute atomic E-state index is 11.3. The van der Waals surface area contributed by atoms with E-state index in [1.807, 2.05) is 18.2 Å². The predicted octanol–water partition coefficient (Wildman–Crippen LogP) is 2.63. The van der Waals surface area contributed by atoms with Crippen molar-refractivity contribution in [2.75, 3.05) is 5.32 Å². The van der Waals surface area contributed by atoms with E-state index in [9.17, 15) is 8.42 Å². The summed E-state index contributed by atoms with van der Waals surface area (Å²) in [5, 5.41) is 9.14. The number of hydrogen-bond donors (Lipinski definition) is 2. The molecule has 6 nitrogen and oxygen atoms in total. The molecule has 0 amide bonds. The average molecular weight is 426 g/mol. The number of nitrogens with zero attached hydrogens (tertiary/aromatic N) is 2. The van der Waals surface area contributed by atoms with Crippen LogP contribution in [0, 0.1) is 3.57 Å². The quantitative estimate of drug-likeness (QED) is 0.628. The minimum absolute atomic E-state index is 0.0696. The van der Waals surface area contributed by atoms with Crippen LogP contribution < -0.4 is 10.5 Å². The largest absolute Gasteiger partial charge is 0.340 e. The van der Waals surface area contributed by atoms with Gasteiger partial charge in [0.15, 0.2) is 0 Å². The predicted molar refractivity (Wildman–Crippen MR) is 93.4 cm³/mol. The van der Waals surface area contributed by atoms with Crippen LogP contribution in [-0.2, 0) is 10.0 Å². The molecule has 1 aromatic heterocycles. The average Bonchev–Trinajstić information content (AvgIpc) is 2.47. The summed E-state index contributed by atoms with van der Waals surface area (Å²) >= 11 is 2.22. The fraction of sp³-hybridized carbons (Fsp3) is 0. The molecule has 0 radical (unpaired) electrons. The van der Waals surface area contributed by atoms with Crippen LogP contribution in [0.4, 0.5) is 11.5 Å². The van der Waals surface area contributed by atoms with Crippen LogP contribution in [0.1, 0.15) is 0 Å². The maximum Gasteiger partial charge on any atom is 0.238 e. The smallest absolute Gasteiger partial charge is 0.238 e. The molecule has 8 heteroatoms. The van der Waals surface area contributed by atoms with Gasteiger partial charge in [0.25, 0.3) is 0 Å². The molecule has 3 aromatic rings. The van der Waals surface area contributed by atoms with E-state index in [1.54, 1.807) is 12.1 Å². The minimum Gasteiger partial charge on any atom is -0.340 e. The molecule has 3 rings (SSSR count).